The van der Waals surface area contributed by atoms with Crippen LogP contribution in [-0.4, -0.2) is 6.54 Å². The summed E-state index contributed by atoms with van der Waals surface area (Å²) in [6.45, 7) is 6.76. The number of aryl methyl sites for hydroxylation is 1. The Morgan fingerprint density at radius 3 is 2.63 bits per heavy atom. The van der Waals surface area contributed by atoms with Crippen molar-refractivity contribution in [3.8, 4) is 5.75 Å². The molecule has 0 aliphatic rings. The van der Waals surface area contributed by atoms with Crippen molar-refractivity contribution in [1.29, 1.82) is 0 Å². The molecule has 2 rings (SSSR count). The van der Waals surface area contributed by atoms with Crippen LogP contribution in [0.3, 0.4) is 0 Å². The maximum atomic E-state index is 6.01. The van der Waals surface area contributed by atoms with Crippen molar-refractivity contribution >= 4 is 0 Å². The van der Waals surface area contributed by atoms with Crippen LogP contribution in [0.4, 0.5) is 0 Å². The van der Waals surface area contributed by atoms with Crippen molar-refractivity contribution in [2.45, 2.75) is 32.8 Å². The van der Waals surface area contributed by atoms with Gasteiger partial charge in [0.1, 0.15) is 11.5 Å². The molecule has 1 aromatic carbocycles. The molecule has 2 N–H and O–H groups in total. The number of rotatable bonds is 5. The highest BCUT2D eigenvalue weighted by molar-refractivity contribution is 5.38. The van der Waals surface area contributed by atoms with Gasteiger partial charge in [-0.25, -0.2) is 0 Å². The van der Waals surface area contributed by atoms with Gasteiger partial charge in [-0.1, -0.05) is 26.0 Å². The summed E-state index contributed by atoms with van der Waals surface area (Å²) in [4.78, 5) is 0. The Hall–Kier alpha value is -1.74. The number of benzene rings is 1. The third-order valence-corrected chi connectivity index (χ3v) is 3.22. The average Bonchev–Trinajstić information content (AvgIpc) is 2.91. The Kier molecular flexibility index (Phi) is 4.27. The van der Waals surface area contributed by atoms with Gasteiger partial charge in [-0.15, -0.1) is 0 Å². The molecule has 1 heterocycles. The van der Waals surface area contributed by atoms with Crippen molar-refractivity contribution in [3.05, 3.63) is 53.5 Å². The minimum Gasteiger partial charge on any atom is -0.481 e. The third kappa shape index (κ3) is 3.18. The smallest absolute Gasteiger partial charge is 0.168 e. The quantitative estimate of drug-likeness (QED) is 0.888. The van der Waals surface area contributed by atoms with E-state index in [4.69, 9.17) is 14.9 Å². The molecule has 0 aliphatic carbocycles. The molecule has 102 valence electrons. The fourth-order valence-corrected chi connectivity index (χ4v) is 1.95. The van der Waals surface area contributed by atoms with E-state index in [1.54, 1.807) is 6.26 Å². The van der Waals surface area contributed by atoms with Crippen molar-refractivity contribution in [2.75, 3.05) is 6.54 Å². The van der Waals surface area contributed by atoms with Crippen LogP contribution >= 0.6 is 0 Å². The van der Waals surface area contributed by atoms with Crippen LogP contribution in [0.1, 0.15) is 42.8 Å². The zero-order valence-corrected chi connectivity index (χ0v) is 11.7. The largest absolute Gasteiger partial charge is 0.481 e. The molecule has 1 aromatic heterocycles. The monoisotopic (exact) mass is 259 g/mol. The van der Waals surface area contributed by atoms with Gasteiger partial charge < -0.3 is 14.9 Å². The molecule has 2 aromatic rings. The third-order valence-electron chi connectivity index (χ3n) is 3.22. The Balaban J connectivity index is 2.24. The van der Waals surface area contributed by atoms with Crippen LogP contribution in [0.5, 0.6) is 5.75 Å². The van der Waals surface area contributed by atoms with Gasteiger partial charge in [0, 0.05) is 6.54 Å². The van der Waals surface area contributed by atoms with Crippen LogP contribution in [0.15, 0.2) is 41.0 Å². The van der Waals surface area contributed by atoms with Gasteiger partial charge in [-0.2, -0.15) is 0 Å². The summed E-state index contributed by atoms with van der Waals surface area (Å²) in [5, 5.41) is 0. The summed E-state index contributed by atoms with van der Waals surface area (Å²) >= 11 is 0. The first kappa shape index (κ1) is 13.7. The van der Waals surface area contributed by atoms with Crippen molar-refractivity contribution < 1.29 is 9.15 Å². The normalized spacial score (nSPS) is 12.7. The maximum absolute atomic E-state index is 6.01. The molecule has 1 atom stereocenters. The molecular formula is C16H21NO2. The highest BCUT2D eigenvalue weighted by Crippen LogP contribution is 2.28. The highest BCUT2D eigenvalue weighted by Gasteiger charge is 2.16. The Labute approximate surface area is 114 Å². The van der Waals surface area contributed by atoms with Crippen molar-refractivity contribution in [3.63, 3.8) is 0 Å². The summed E-state index contributed by atoms with van der Waals surface area (Å²) in [5.41, 5.74) is 8.14. The number of furan rings is 1. The van der Waals surface area contributed by atoms with Crippen molar-refractivity contribution in [1.82, 2.24) is 0 Å². The molecule has 3 heteroatoms. The van der Waals surface area contributed by atoms with Gasteiger partial charge in [0.05, 0.1) is 6.26 Å². The molecule has 0 saturated heterocycles. The van der Waals surface area contributed by atoms with E-state index in [0.29, 0.717) is 12.5 Å². The Bertz CT molecular complexity index is 518. The average molecular weight is 259 g/mol. The Morgan fingerprint density at radius 2 is 2.05 bits per heavy atom. The first-order valence-corrected chi connectivity index (χ1v) is 6.62. The second-order valence-corrected chi connectivity index (χ2v) is 5.04. The molecule has 0 bridgehead atoms. The van der Waals surface area contributed by atoms with E-state index >= 15 is 0 Å². The van der Waals surface area contributed by atoms with E-state index in [0.717, 1.165) is 17.1 Å². The first-order valence-electron chi connectivity index (χ1n) is 6.62. The van der Waals surface area contributed by atoms with Gasteiger partial charge in [-0.05, 0) is 42.2 Å². The van der Waals surface area contributed by atoms with Gasteiger partial charge in [0.2, 0.25) is 0 Å². The second kappa shape index (κ2) is 5.93. The summed E-state index contributed by atoms with van der Waals surface area (Å²) in [6.07, 6.45) is 1.40. The Morgan fingerprint density at radius 1 is 1.26 bits per heavy atom. The van der Waals surface area contributed by atoms with Gasteiger partial charge in [0.25, 0.3) is 0 Å². The van der Waals surface area contributed by atoms with Gasteiger partial charge in [-0.3, -0.25) is 0 Å². The molecule has 3 nitrogen and oxygen atoms in total. The summed E-state index contributed by atoms with van der Waals surface area (Å²) in [6, 6.07) is 10.0. The number of hydrogen-bond acceptors (Lipinski definition) is 3. The lowest BCUT2D eigenvalue weighted by Gasteiger charge is -2.18. The molecule has 0 amide bonds. The molecule has 19 heavy (non-hydrogen) atoms. The lowest BCUT2D eigenvalue weighted by molar-refractivity contribution is 0.182. The van der Waals surface area contributed by atoms with Crippen LogP contribution < -0.4 is 10.5 Å². The van der Waals surface area contributed by atoms with Crippen LogP contribution in [0, 0.1) is 6.92 Å². The SMILES string of the molecule is Cc1ccc(C(C)C)cc1OC(CN)c1ccco1. The summed E-state index contributed by atoms with van der Waals surface area (Å²) in [7, 11) is 0. The minimum absolute atomic E-state index is 0.240. The lowest BCUT2D eigenvalue weighted by Crippen LogP contribution is -2.18. The fourth-order valence-electron chi connectivity index (χ4n) is 1.95. The zero-order valence-electron chi connectivity index (χ0n) is 11.7. The fraction of sp³-hybridized carbons (Fsp3) is 0.375. The van der Waals surface area contributed by atoms with Crippen molar-refractivity contribution in [2.24, 2.45) is 5.73 Å². The van der Waals surface area contributed by atoms with Crippen LogP contribution in [0.2, 0.25) is 0 Å². The van der Waals surface area contributed by atoms with E-state index in [1.807, 2.05) is 19.1 Å². The summed E-state index contributed by atoms with van der Waals surface area (Å²) in [5.74, 6) is 2.11. The van der Waals surface area contributed by atoms with E-state index in [2.05, 4.69) is 32.0 Å². The lowest BCUT2D eigenvalue weighted by atomic mass is 10.0. The van der Waals surface area contributed by atoms with E-state index in [9.17, 15) is 0 Å². The second-order valence-electron chi connectivity index (χ2n) is 5.04. The van der Waals surface area contributed by atoms with E-state index < -0.39 is 0 Å². The molecular weight excluding hydrogens is 238 g/mol. The molecule has 1 unspecified atom stereocenters. The van der Waals surface area contributed by atoms with Crippen LogP contribution in [0.25, 0.3) is 0 Å². The molecule has 0 fully saturated rings. The number of hydrogen-bond donors (Lipinski definition) is 1. The van der Waals surface area contributed by atoms with E-state index in [-0.39, 0.29) is 6.10 Å². The molecule has 0 spiro atoms. The predicted octanol–water partition coefficient (Wildman–Crippen LogP) is 3.79. The zero-order chi connectivity index (χ0) is 13.8. The molecule has 0 saturated carbocycles. The topological polar surface area (TPSA) is 48.4 Å². The highest BCUT2D eigenvalue weighted by atomic mass is 16.5. The molecule has 0 radical (unpaired) electrons. The van der Waals surface area contributed by atoms with E-state index in [1.165, 1.54) is 5.56 Å². The van der Waals surface area contributed by atoms with Gasteiger partial charge in [0.15, 0.2) is 6.10 Å². The first-order chi connectivity index (χ1) is 9.11. The number of ether oxygens (including phenoxy) is 1. The van der Waals surface area contributed by atoms with Gasteiger partial charge >= 0.3 is 0 Å². The maximum Gasteiger partial charge on any atom is 0.168 e. The predicted molar refractivity (Wildman–Crippen MR) is 76.4 cm³/mol. The van der Waals surface area contributed by atoms with Crippen LogP contribution in [-0.2, 0) is 0 Å². The molecule has 0 aliphatic heterocycles. The summed E-state index contributed by atoms with van der Waals surface area (Å²) < 4.78 is 11.4. The standard InChI is InChI=1S/C16H21NO2/c1-11(2)13-7-6-12(3)15(9-13)19-16(10-17)14-5-4-8-18-14/h4-9,11,16H,10,17H2,1-3H3. The minimum atomic E-state index is -0.240. The number of nitrogens with two attached hydrogens (primary N) is 1.